The van der Waals surface area contributed by atoms with Crippen molar-refractivity contribution in [2.24, 2.45) is 0 Å². The second kappa shape index (κ2) is 12.0. The van der Waals surface area contributed by atoms with E-state index in [-0.39, 0.29) is 35.1 Å². The zero-order valence-electron chi connectivity index (χ0n) is 20.2. The molecule has 0 aliphatic carbocycles. The third kappa shape index (κ3) is 7.98. The fourth-order valence-electron chi connectivity index (χ4n) is 3.01. The van der Waals surface area contributed by atoms with E-state index in [1.807, 2.05) is 13.1 Å². The molecule has 9 nitrogen and oxygen atoms in total. The van der Waals surface area contributed by atoms with Crippen molar-refractivity contribution in [1.82, 2.24) is 14.9 Å². The van der Waals surface area contributed by atoms with Gasteiger partial charge in [-0.3, -0.25) is 14.4 Å². The van der Waals surface area contributed by atoms with Gasteiger partial charge in [0.2, 0.25) is 0 Å². The SMILES string of the molecule is Cc1nc(NCc2c(F)cccc2CN(C)C(C)(C)C)ccc1S(=O)(=O)Nc1cscn1.O=CO. The number of carboxylic acid groups (broad SMARTS) is 1. The molecule has 0 saturated heterocycles. The minimum absolute atomic E-state index is 0.0520. The molecule has 0 atom stereocenters. The lowest BCUT2D eigenvalue weighted by atomic mass is 10.0. The van der Waals surface area contributed by atoms with Gasteiger partial charge < -0.3 is 10.4 Å². The highest BCUT2D eigenvalue weighted by Gasteiger charge is 2.21. The Morgan fingerprint density at radius 1 is 1.20 bits per heavy atom. The van der Waals surface area contributed by atoms with Gasteiger partial charge in [0.15, 0.2) is 5.82 Å². The van der Waals surface area contributed by atoms with E-state index < -0.39 is 10.0 Å². The van der Waals surface area contributed by atoms with Crippen molar-refractivity contribution in [3.05, 3.63) is 63.9 Å². The Hall–Kier alpha value is -3.09. The standard InChI is InChI=1S/C22H28FN5O2S2.CH2O2/c1-15-19(32(29,30)27-21-13-31-14-25-21)9-10-20(26-15)24-11-17-16(7-6-8-18(17)23)12-28(5)22(2,3)4;2-1-3/h6-10,13-14,27H,11-12H2,1-5H3,(H,24,26);1H,(H,2,3). The van der Waals surface area contributed by atoms with Crippen LogP contribution in [0, 0.1) is 12.7 Å². The van der Waals surface area contributed by atoms with Crippen molar-refractivity contribution in [1.29, 1.82) is 0 Å². The number of carbonyl (C=O) groups is 1. The summed E-state index contributed by atoms with van der Waals surface area (Å²) >= 11 is 1.30. The van der Waals surface area contributed by atoms with Gasteiger partial charge in [-0.25, -0.2) is 22.8 Å². The van der Waals surface area contributed by atoms with Crippen LogP contribution in [-0.2, 0) is 27.9 Å². The molecule has 3 N–H and O–H groups in total. The molecule has 0 bridgehead atoms. The van der Waals surface area contributed by atoms with E-state index in [1.54, 1.807) is 29.9 Å². The smallest absolute Gasteiger partial charge is 0.290 e. The monoisotopic (exact) mass is 523 g/mol. The Morgan fingerprint density at radius 3 is 2.46 bits per heavy atom. The number of anilines is 2. The Bertz CT molecular complexity index is 1230. The molecule has 2 aromatic heterocycles. The van der Waals surface area contributed by atoms with Crippen molar-refractivity contribution in [3.8, 4) is 0 Å². The molecule has 1 aromatic carbocycles. The molecule has 0 aliphatic rings. The van der Waals surface area contributed by atoms with Crippen LogP contribution in [-0.4, -0.2) is 47.5 Å². The molecule has 0 radical (unpaired) electrons. The summed E-state index contributed by atoms with van der Waals surface area (Å²) in [5.74, 6) is 0.443. The summed E-state index contributed by atoms with van der Waals surface area (Å²) in [6.07, 6.45) is 0. The molecule has 12 heteroatoms. The van der Waals surface area contributed by atoms with Crippen molar-refractivity contribution < 1.29 is 22.7 Å². The number of sulfonamides is 1. The number of pyridine rings is 1. The van der Waals surface area contributed by atoms with Crippen LogP contribution in [0.15, 0.2) is 46.1 Å². The van der Waals surface area contributed by atoms with Crippen LogP contribution in [0.3, 0.4) is 0 Å². The fourth-order valence-corrected chi connectivity index (χ4v) is 4.74. The molecular formula is C23H30FN5O4S2. The second-order valence-electron chi connectivity index (χ2n) is 8.62. The number of halogens is 1. The number of nitrogens with one attached hydrogen (secondary N) is 2. The first-order valence-corrected chi connectivity index (χ1v) is 13.0. The van der Waals surface area contributed by atoms with Gasteiger partial charge in [-0.05, 0) is 58.5 Å². The fraction of sp³-hybridized carbons (Fsp3) is 0.348. The molecule has 0 unspecified atom stereocenters. The average Bonchev–Trinajstić information content (AvgIpc) is 3.25. The van der Waals surface area contributed by atoms with E-state index >= 15 is 0 Å². The predicted octanol–water partition coefficient (Wildman–Crippen LogP) is 4.33. The second-order valence-corrected chi connectivity index (χ2v) is 11.0. The maximum Gasteiger partial charge on any atom is 0.290 e. The van der Waals surface area contributed by atoms with Crippen LogP contribution >= 0.6 is 11.3 Å². The van der Waals surface area contributed by atoms with E-state index in [4.69, 9.17) is 9.90 Å². The number of hydrogen-bond donors (Lipinski definition) is 3. The maximum absolute atomic E-state index is 14.6. The Kier molecular flexibility index (Phi) is 9.69. The van der Waals surface area contributed by atoms with Crippen LogP contribution in [0.25, 0.3) is 0 Å². The molecule has 0 amide bonds. The molecule has 0 fully saturated rings. The molecule has 2 heterocycles. The highest BCUT2D eigenvalue weighted by atomic mass is 32.2. The summed E-state index contributed by atoms with van der Waals surface area (Å²) in [5.41, 5.74) is 3.28. The van der Waals surface area contributed by atoms with E-state index in [0.717, 1.165) is 5.56 Å². The van der Waals surface area contributed by atoms with E-state index in [2.05, 4.69) is 45.7 Å². The van der Waals surface area contributed by atoms with Gasteiger partial charge in [0.05, 0.1) is 11.2 Å². The summed E-state index contributed by atoms with van der Waals surface area (Å²) in [5, 5.41) is 11.6. The van der Waals surface area contributed by atoms with Gasteiger partial charge in [-0.1, -0.05) is 12.1 Å². The third-order valence-corrected chi connectivity index (χ3v) is 7.29. The maximum atomic E-state index is 14.6. The van der Waals surface area contributed by atoms with Gasteiger partial charge in [0.25, 0.3) is 16.5 Å². The van der Waals surface area contributed by atoms with Gasteiger partial charge >= 0.3 is 0 Å². The number of aryl methyl sites for hydroxylation is 1. The first-order chi connectivity index (χ1) is 16.4. The Morgan fingerprint density at radius 2 is 1.89 bits per heavy atom. The topological polar surface area (TPSA) is 125 Å². The van der Waals surface area contributed by atoms with Crippen molar-refractivity contribution in [2.45, 2.75) is 51.2 Å². The summed E-state index contributed by atoms with van der Waals surface area (Å²) in [6, 6.07) is 8.12. The molecule has 190 valence electrons. The average molecular weight is 524 g/mol. The van der Waals surface area contributed by atoms with Gasteiger partial charge in [-0.15, -0.1) is 11.3 Å². The van der Waals surface area contributed by atoms with Crippen molar-refractivity contribution in [2.75, 3.05) is 17.1 Å². The van der Waals surface area contributed by atoms with Gasteiger partial charge in [0, 0.05) is 29.6 Å². The number of aromatic nitrogens is 2. The van der Waals surface area contributed by atoms with Crippen molar-refractivity contribution in [3.63, 3.8) is 0 Å². The number of thiazole rings is 1. The predicted molar refractivity (Wildman–Crippen MR) is 136 cm³/mol. The highest BCUT2D eigenvalue weighted by molar-refractivity contribution is 7.92. The largest absolute Gasteiger partial charge is 0.483 e. The number of benzene rings is 1. The molecule has 35 heavy (non-hydrogen) atoms. The first kappa shape index (κ1) is 28.1. The van der Waals surface area contributed by atoms with Crippen LogP contribution in [0.2, 0.25) is 0 Å². The van der Waals surface area contributed by atoms with E-state index in [9.17, 15) is 12.8 Å². The van der Waals surface area contributed by atoms with Crippen LogP contribution < -0.4 is 10.0 Å². The normalized spacial score (nSPS) is 11.5. The zero-order chi connectivity index (χ0) is 26.2. The lowest BCUT2D eigenvalue weighted by Gasteiger charge is -2.32. The van der Waals surface area contributed by atoms with Crippen molar-refractivity contribution >= 4 is 39.5 Å². The van der Waals surface area contributed by atoms with Crippen LogP contribution in [0.5, 0.6) is 0 Å². The molecule has 0 spiro atoms. The summed E-state index contributed by atoms with van der Waals surface area (Å²) in [6.45, 7) is 8.52. The quantitative estimate of drug-likeness (QED) is 0.373. The summed E-state index contributed by atoms with van der Waals surface area (Å²) in [4.78, 5) is 18.9. The third-order valence-electron chi connectivity index (χ3n) is 5.21. The minimum atomic E-state index is -3.80. The molecule has 0 saturated carbocycles. The lowest BCUT2D eigenvalue weighted by Crippen LogP contribution is -2.37. The lowest BCUT2D eigenvalue weighted by molar-refractivity contribution is -0.122. The zero-order valence-corrected chi connectivity index (χ0v) is 21.9. The van der Waals surface area contributed by atoms with Crippen LogP contribution in [0.1, 0.15) is 37.6 Å². The number of nitrogens with zero attached hydrogens (tertiary/aromatic N) is 3. The van der Waals surface area contributed by atoms with E-state index in [1.165, 1.54) is 23.5 Å². The molecular weight excluding hydrogens is 493 g/mol. The van der Waals surface area contributed by atoms with Crippen LogP contribution in [0.4, 0.5) is 16.0 Å². The number of hydrogen-bond acceptors (Lipinski definition) is 8. The Balaban J connectivity index is 0.00000137. The van der Waals surface area contributed by atoms with Gasteiger partial charge in [-0.2, -0.15) is 0 Å². The highest BCUT2D eigenvalue weighted by Crippen LogP contribution is 2.23. The summed E-state index contributed by atoms with van der Waals surface area (Å²) < 4.78 is 42.3. The molecule has 0 aliphatic heterocycles. The first-order valence-electron chi connectivity index (χ1n) is 10.6. The van der Waals surface area contributed by atoms with Gasteiger partial charge in [0.1, 0.15) is 16.5 Å². The molecule has 3 rings (SSSR count). The number of rotatable bonds is 8. The summed E-state index contributed by atoms with van der Waals surface area (Å²) in [7, 11) is -1.79. The minimum Gasteiger partial charge on any atom is -0.483 e. The Labute approximate surface area is 209 Å². The van der Waals surface area contributed by atoms with E-state index in [0.29, 0.717) is 23.6 Å². The molecule has 3 aromatic rings.